The highest BCUT2D eigenvalue weighted by molar-refractivity contribution is 7.87. The molecule has 7 N–H and O–H groups in total. The lowest BCUT2D eigenvalue weighted by Crippen LogP contribution is -2.56. The van der Waals surface area contributed by atoms with Crippen LogP contribution < -0.4 is 27.0 Å². The summed E-state index contributed by atoms with van der Waals surface area (Å²) in [7, 11) is -5.04. The van der Waals surface area contributed by atoms with Gasteiger partial charge in [-0.3, -0.25) is 38.2 Å². The predicted octanol–water partition coefficient (Wildman–Crippen LogP) is -0.666. The quantitative estimate of drug-likeness (QED) is 0.0526. The largest absolute Gasteiger partial charge is 0.461 e. The van der Waals surface area contributed by atoms with Gasteiger partial charge >= 0.3 is 12.0 Å². The van der Waals surface area contributed by atoms with Gasteiger partial charge < -0.3 is 31.7 Å². The minimum absolute atomic E-state index is 0.0146. The number of rotatable bonds is 17. The molecule has 0 bridgehead atoms. The molecule has 1 aromatic carbocycles. The Morgan fingerprint density at radius 2 is 1.54 bits per heavy atom. The molecule has 0 aromatic heterocycles. The summed E-state index contributed by atoms with van der Waals surface area (Å²) >= 11 is 0. The zero-order chi connectivity index (χ0) is 34.6. The van der Waals surface area contributed by atoms with Crippen molar-refractivity contribution in [2.45, 2.75) is 64.0 Å². The molecule has 18 heteroatoms. The molecule has 3 atom stereocenters. The summed E-state index contributed by atoms with van der Waals surface area (Å²) in [5.74, 6) is -5.30. The van der Waals surface area contributed by atoms with E-state index in [1.54, 1.807) is 38.1 Å². The molecule has 1 unspecified atom stereocenters. The van der Waals surface area contributed by atoms with E-state index in [-0.39, 0.29) is 26.0 Å². The number of primary amides is 1. The number of benzene rings is 1. The standard InChI is InChI=1S/C28H38N6O11S/c1-16(2)24(33-26(39)21(46(42,43)44)12-14-34-22(36)10-11-23(34)37)27(40)32-20(5-4-13-30-28(29)41)25(38)31-19-8-6-18(7-9-19)15-45-17(3)35/h6-11,16,20-21,24H,4-5,12-15H2,1-3H3,(H,31,38)(H,32,40)(H,33,39)(H3,29,30,41)(H,42,43,44)/t20-,21-,24?/m0/s1. The first-order valence-electron chi connectivity index (χ1n) is 14.2. The molecule has 17 nitrogen and oxygen atoms in total. The summed E-state index contributed by atoms with van der Waals surface area (Å²) in [6.07, 6.45) is 1.52. The summed E-state index contributed by atoms with van der Waals surface area (Å²) in [6.45, 7) is 3.98. The number of urea groups is 1. The molecule has 0 radical (unpaired) electrons. The van der Waals surface area contributed by atoms with Gasteiger partial charge in [0, 0.05) is 37.9 Å². The van der Waals surface area contributed by atoms with E-state index in [1.807, 2.05) is 0 Å². The van der Waals surface area contributed by atoms with Crippen LogP contribution in [-0.4, -0.2) is 89.8 Å². The molecule has 0 spiro atoms. The number of amides is 7. The van der Waals surface area contributed by atoms with E-state index in [4.69, 9.17) is 10.5 Å². The molecule has 0 saturated carbocycles. The predicted molar refractivity (Wildman–Crippen MR) is 162 cm³/mol. The summed E-state index contributed by atoms with van der Waals surface area (Å²) in [5, 5.41) is 7.73. The van der Waals surface area contributed by atoms with Crippen molar-refractivity contribution >= 4 is 57.3 Å². The van der Waals surface area contributed by atoms with E-state index in [0.717, 1.165) is 12.2 Å². The minimum Gasteiger partial charge on any atom is -0.461 e. The SMILES string of the molecule is CC(=O)OCc1ccc(NC(=O)[C@H](CCCNC(N)=O)NC(=O)C(NC(=O)[C@H](CCN2C(=O)C=CC2=O)S(=O)(=O)O)C(C)C)cc1. The maximum absolute atomic E-state index is 13.4. The Balaban J connectivity index is 2.17. The molecule has 0 saturated heterocycles. The normalized spacial score (nSPS) is 14.8. The fourth-order valence-corrected chi connectivity index (χ4v) is 4.98. The van der Waals surface area contributed by atoms with Gasteiger partial charge in [-0.15, -0.1) is 0 Å². The molecule has 0 aliphatic carbocycles. The number of ether oxygens (including phenoxy) is 1. The van der Waals surface area contributed by atoms with Gasteiger partial charge in [-0.1, -0.05) is 26.0 Å². The third-order valence-electron chi connectivity index (χ3n) is 6.68. The lowest BCUT2D eigenvalue weighted by atomic mass is 10.0. The third-order valence-corrected chi connectivity index (χ3v) is 7.85. The van der Waals surface area contributed by atoms with Crippen molar-refractivity contribution in [1.82, 2.24) is 20.9 Å². The molecule has 2 rings (SSSR count). The minimum atomic E-state index is -5.04. The summed E-state index contributed by atoms with van der Waals surface area (Å²) < 4.78 is 38.8. The van der Waals surface area contributed by atoms with Crippen LogP contribution in [0.3, 0.4) is 0 Å². The van der Waals surface area contributed by atoms with Crippen molar-refractivity contribution in [3.05, 3.63) is 42.0 Å². The zero-order valence-electron chi connectivity index (χ0n) is 25.5. The van der Waals surface area contributed by atoms with E-state index < -0.39 is 87.9 Å². The van der Waals surface area contributed by atoms with E-state index in [1.165, 1.54) is 6.92 Å². The van der Waals surface area contributed by atoms with Crippen LogP contribution in [0.15, 0.2) is 36.4 Å². The second-order valence-electron chi connectivity index (χ2n) is 10.6. The van der Waals surface area contributed by atoms with E-state index in [0.29, 0.717) is 16.2 Å². The monoisotopic (exact) mass is 666 g/mol. The Morgan fingerprint density at radius 3 is 2.07 bits per heavy atom. The van der Waals surface area contributed by atoms with Crippen LogP contribution in [-0.2, 0) is 50.2 Å². The average molecular weight is 667 g/mol. The topological polar surface area (TPSA) is 260 Å². The molecule has 1 aliphatic heterocycles. The Morgan fingerprint density at radius 1 is 0.935 bits per heavy atom. The fourth-order valence-electron chi connectivity index (χ4n) is 4.24. The Bertz CT molecular complexity index is 1440. The van der Waals surface area contributed by atoms with E-state index >= 15 is 0 Å². The maximum atomic E-state index is 13.4. The van der Waals surface area contributed by atoms with Gasteiger partial charge in [0.15, 0.2) is 5.25 Å². The fraction of sp³-hybridized carbons (Fsp3) is 0.464. The summed E-state index contributed by atoms with van der Waals surface area (Å²) in [5.41, 5.74) is 6.09. The molecule has 7 amide bonds. The molecule has 1 heterocycles. The van der Waals surface area contributed by atoms with Gasteiger partial charge in [0.25, 0.3) is 21.9 Å². The number of carbonyl (C=O) groups excluding carboxylic acids is 7. The van der Waals surface area contributed by atoms with Gasteiger partial charge in [-0.05, 0) is 42.9 Å². The van der Waals surface area contributed by atoms with Crippen LogP contribution in [0.1, 0.15) is 45.6 Å². The van der Waals surface area contributed by atoms with Gasteiger partial charge in [0.2, 0.25) is 17.7 Å². The second kappa shape index (κ2) is 17.0. The van der Waals surface area contributed by atoms with Crippen molar-refractivity contribution in [2.75, 3.05) is 18.4 Å². The van der Waals surface area contributed by atoms with E-state index in [2.05, 4.69) is 21.3 Å². The molecule has 1 aliphatic rings. The van der Waals surface area contributed by atoms with Gasteiger partial charge in [0.05, 0.1) is 0 Å². The lowest BCUT2D eigenvalue weighted by molar-refractivity contribution is -0.142. The highest BCUT2D eigenvalue weighted by Crippen LogP contribution is 2.14. The first-order valence-corrected chi connectivity index (χ1v) is 15.7. The lowest BCUT2D eigenvalue weighted by Gasteiger charge is -2.27. The molecular weight excluding hydrogens is 628 g/mol. The molecule has 252 valence electrons. The van der Waals surface area contributed by atoms with Crippen LogP contribution in [0, 0.1) is 5.92 Å². The molecule has 1 aromatic rings. The highest BCUT2D eigenvalue weighted by atomic mass is 32.2. The van der Waals surface area contributed by atoms with Crippen molar-refractivity contribution in [2.24, 2.45) is 11.7 Å². The van der Waals surface area contributed by atoms with Crippen molar-refractivity contribution in [1.29, 1.82) is 0 Å². The van der Waals surface area contributed by atoms with Crippen molar-refractivity contribution in [3.8, 4) is 0 Å². The number of nitrogens with one attached hydrogen (secondary N) is 4. The van der Waals surface area contributed by atoms with Gasteiger partial charge in [-0.2, -0.15) is 8.42 Å². The zero-order valence-corrected chi connectivity index (χ0v) is 26.3. The molecule has 0 fully saturated rings. The number of nitrogens with zero attached hydrogens (tertiary/aromatic N) is 1. The Kier molecular flexibility index (Phi) is 13.8. The Labute approximate surface area is 265 Å². The third kappa shape index (κ3) is 11.9. The second-order valence-corrected chi connectivity index (χ2v) is 12.2. The van der Waals surface area contributed by atoms with Crippen molar-refractivity contribution < 1.29 is 51.3 Å². The molecule has 46 heavy (non-hydrogen) atoms. The first kappa shape index (κ1) is 37.3. The summed E-state index contributed by atoms with van der Waals surface area (Å²) in [6, 6.07) is 2.97. The summed E-state index contributed by atoms with van der Waals surface area (Å²) in [4.78, 5) is 86.0. The smallest absolute Gasteiger partial charge is 0.312 e. The van der Waals surface area contributed by atoms with Crippen LogP contribution in [0.2, 0.25) is 0 Å². The highest BCUT2D eigenvalue weighted by Gasteiger charge is 2.37. The number of hydrogen-bond acceptors (Lipinski definition) is 10. The first-order chi connectivity index (χ1) is 21.5. The number of esters is 1. The maximum Gasteiger partial charge on any atom is 0.312 e. The van der Waals surface area contributed by atoms with Gasteiger partial charge in [-0.25, -0.2) is 4.79 Å². The Hall–Kier alpha value is -4.84. The number of nitrogens with two attached hydrogens (primary N) is 1. The average Bonchev–Trinajstić information content (AvgIpc) is 3.28. The number of anilines is 1. The number of hydrogen-bond donors (Lipinski definition) is 6. The van der Waals surface area contributed by atoms with Crippen molar-refractivity contribution in [3.63, 3.8) is 0 Å². The number of imide groups is 1. The van der Waals surface area contributed by atoms with Crippen LogP contribution in [0.5, 0.6) is 0 Å². The van der Waals surface area contributed by atoms with Crippen LogP contribution in [0.25, 0.3) is 0 Å². The molecular formula is C28H38N6O11S. The van der Waals surface area contributed by atoms with Gasteiger partial charge in [0.1, 0.15) is 18.7 Å². The van der Waals surface area contributed by atoms with E-state index in [9.17, 15) is 46.5 Å². The van der Waals surface area contributed by atoms with Crippen LogP contribution >= 0.6 is 0 Å². The van der Waals surface area contributed by atoms with Crippen LogP contribution in [0.4, 0.5) is 10.5 Å². The number of carbonyl (C=O) groups is 7.